The Hall–Kier alpha value is -1.49. The molecule has 0 spiro atoms. The molecule has 0 aromatic heterocycles. The van der Waals surface area contributed by atoms with Gasteiger partial charge in [0.25, 0.3) is 0 Å². The van der Waals surface area contributed by atoms with Crippen molar-refractivity contribution in [1.29, 1.82) is 0 Å². The topological polar surface area (TPSA) is 38.8 Å². The molecular weight excluding hydrogens is 627 g/mol. The number of ketones is 1. The number of carbonyl (C=O) groups excluding carboxylic acids is 1. The lowest BCUT2D eigenvalue weighted by Crippen LogP contribution is -2.32. The summed E-state index contributed by atoms with van der Waals surface area (Å²) in [6, 6.07) is 0. The zero-order valence-electron chi connectivity index (χ0n) is 34.2. The molecule has 1 aliphatic heterocycles. The average molecular weight is 710 g/mol. The van der Waals surface area contributed by atoms with Crippen molar-refractivity contribution in [1.82, 2.24) is 4.90 Å². The number of fused-ring (bicyclic) bond motifs is 1. The van der Waals surface area contributed by atoms with Crippen molar-refractivity contribution in [3.63, 3.8) is 0 Å². The van der Waals surface area contributed by atoms with E-state index in [2.05, 4.69) is 67.4 Å². The summed E-state index contributed by atoms with van der Waals surface area (Å²) in [5.74, 6) is 0.430. The highest BCUT2D eigenvalue weighted by molar-refractivity contribution is 5.78. The number of nitrogens with zero attached hydrogens (tertiary/aromatic N) is 1. The van der Waals surface area contributed by atoms with Crippen molar-refractivity contribution in [3.8, 4) is 0 Å². The Morgan fingerprint density at radius 2 is 0.980 bits per heavy atom. The highest BCUT2D eigenvalue weighted by atomic mass is 16.8. The summed E-state index contributed by atoms with van der Waals surface area (Å²) in [6.45, 7) is 5.36. The van der Waals surface area contributed by atoms with Gasteiger partial charge in [-0.05, 0) is 103 Å². The molecule has 2 aliphatic rings. The van der Waals surface area contributed by atoms with Gasteiger partial charge in [0.1, 0.15) is 5.78 Å². The Morgan fingerprint density at radius 1 is 0.569 bits per heavy atom. The third-order valence-electron chi connectivity index (χ3n) is 10.9. The fourth-order valence-corrected chi connectivity index (χ4v) is 7.76. The Labute approximate surface area is 317 Å². The van der Waals surface area contributed by atoms with Crippen LogP contribution in [-0.4, -0.2) is 49.3 Å². The minimum Gasteiger partial charge on any atom is -0.344 e. The van der Waals surface area contributed by atoms with Crippen LogP contribution in [0.15, 0.2) is 48.6 Å². The van der Waals surface area contributed by atoms with Gasteiger partial charge in [-0.1, -0.05) is 140 Å². The molecule has 2 fully saturated rings. The van der Waals surface area contributed by atoms with E-state index < -0.39 is 0 Å². The minimum atomic E-state index is -0.389. The predicted octanol–water partition coefficient (Wildman–Crippen LogP) is 13.8. The van der Waals surface area contributed by atoms with Crippen LogP contribution >= 0.6 is 0 Å². The van der Waals surface area contributed by atoms with Gasteiger partial charge in [0.2, 0.25) is 0 Å². The minimum absolute atomic E-state index is 0.182. The molecule has 0 radical (unpaired) electrons. The molecule has 51 heavy (non-hydrogen) atoms. The maximum atomic E-state index is 12.6. The molecule has 0 N–H and O–H groups in total. The Kier molecular flexibility index (Phi) is 27.7. The fraction of sp³-hybridized carbons (Fsp3) is 0.809. The number of allylic oxidation sites excluding steroid dienone is 8. The van der Waals surface area contributed by atoms with Crippen LogP contribution in [0.4, 0.5) is 0 Å². The maximum absolute atomic E-state index is 12.6. The lowest BCUT2D eigenvalue weighted by atomic mass is 9.97. The highest BCUT2D eigenvalue weighted by Gasteiger charge is 2.51. The van der Waals surface area contributed by atoms with Crippen LogP contribution in [0.2, 0.25) is 0 Å². The van der Waals surface area contributed by atoms with Crippen LogP contribution in [0.5, 0.6) is 0 Å². The zero-order chi connectivity index (χ0) is 36.7. The first-order valence-electron chi connectivity index (χ1n) is 22.1. The number of hydrogen-bond donors (Lipinski definition) is 0. The lowest BCUT2D eigenvalue weighted by Gasteiger charge is -2.30. The van der Waals surface area contributed by atoms with Gasteiger partial charge in [-0.3, -0.25) is 4.79 Å². The molecule has 1 aliphatic carbocycles. The molecule has 1 saturated heterocycles. The van der Waals surface area contributed by atoms with Crippen molar-refractivity contribution >= 4 is 5.78 Å². The lowest BCUT2D eigenvalue weighted by molar-refractivity contribution is -0.193. The predicted molar refractivity (Wildman–Crippen MR) is 221 cm³/mol. The molecule has 0 amide bonds. The molecule has 4 atom stereocenters. The van der Waals surface area contributed by atoms with Gasteiger partial charge < -0.3 is 14.4 Å². The number of ether oxygens (including phenoxy) is 2. The van der Waals surface area contributed by atoms with Gasteiger partial charge in [-0.2, -0.15) is 0 Å². The monoisotopic (exact) mass is 710 g/mol. The van der Waals surface area contributed by atoms with E-state index in [1.807, 2.05) is 14.1 Å². The SMILES string of the molecule is CCCC/C=C\C/C=C\CCCCCCCCC1(CCCCCCCC/C=C\C/C=C\CCCCC)O[C@H]2CC(CC(=O)CCN(C)C)C[C@H]2O1. The third-order valence-corrected chi connectivity index (χ3v) is 10.9. The molecule has 4 heteroatoms. The summed E-state index contributed by atoms with van der Waals surface area (Å²) in [6.07, 6.45) is 53.6. The summed E-state index contributed by atoms with van der Waals surface area (Å²) in [5, 5.41) is 0. The van der Waals surface area contributed by atoms with Crippen LogP contribution in [0.3, 0.4) is 0 Å². The van der Waals surface area contributed by atoms with Crippen LogP contribution in [-0.2, 0) is 14.3 Å². The molecule has 2 unspecified atom stereocenters. The van der Waals surface area contributed by atoms with Crippen molar-refractivity contribution in [2.24, 2.45) is 5.92 Å². The van der Waals surface area contributed by atoms with Crippen LogP contribution in [0.1, 0.15) is 200 Å². The van der Waals surface area contributed by atoms with E-state index in [1.165, 1.54) is 135 Å². The highest BCUT2D eigenvalue weighted by Crippen LogP contribution is 2.46. The molecule has 4 nitrogen and oxygen atoms in total. The first-order valence-corrected chi connectivity index (χ1v) is 22.1. The van der Waals surface area contributed by atoms with Crippen LogP contribution in [0, 0.1) is 5.92 Å². The second kappa shape index (κ2) is 30.9. The van der Waals surface area contributed by atoms with Crippen molar-refractivity contribution in [3.05, 3.63) is 48.6 Å². The van der Waals surface area contributed by atoms with Gasteiger partial charge in [-0.25, -0.2) is 0 Å². The quantitative estimate of drug-likeness (QED) is 0.0492. The van der Waals surface area contributed by atoms with E-state index in [1.54, 1.807) is 0 Å². The van der Waals surface area contributed by atoms with Crippen molar-refractivity contribution in [2.45, 2.75) is 218 Å². The fourth-order valence-electron chi connectivity index (χ4n) is 7.76. The van der Waals surface area contributed by atoms with E-state index in [9.17, 15) is 4.79 Å². The van der Waals surface area contributed by atoms with E-state index in [0.29, 0.717) is 24.5 Å². The Balaban J connectivity index is 1.65. The first kappa shape index (κ1) is 45.7. The number of carbonyl (C=O) groups is 1. The average Bonchev–Trinajstić information content (AvgIpc) is 3.64. The van der Waals surface area contributed by atoms with E-state index in [-0.39, 0.29) is 18.0 Å². The summed E-state index contributed by atoms with van der Waals surface area (Å²) in [5.41, 5.74) is 0. The summed E-state index contributed by atoms with van der Waals surface area (Å²) in [4.78, 5) is 14.7. The second-order valence-corrected chi connectivity index (χ2v) is 16.2. The van der Waals surface area contributed by atoms with E-state index in [4.69, 9.17) is 9.47 Å². The van der Waals surface area contributed by atoms with Crippen LogP contribution < -0.4 is 0 Å². The smallest absolute Gasteiger partial charge is 0.169 e. The van der Waals surface area contributed by atoms with Gasteiger partial charge in [0.05, 0.1) is 12.2 Å². The molecular formula is C47H83NO3. The number of hydrogen-bond acceptors (Lipinski definition) is 4. The molecule has 0 aromatic rings. The van der Waals surface area contributed by atoms with Gasteiger partial charge in [-0.15, -0.1) is 0 Å². The third kappa shape index (κ3) is 23.7. The van der Waals surface area contributed by atoms with Gasteiger partial charge in [0, 0.05) is 32.2 Å². The molecule has 294 valence electrons. The molecule has 2 rings (SSSR count). The van der Waals surface area contributed by atoms with Gasteiger partial charge in [0.15, 0.2) is 5.79 Å². The summed E-state index contributed by atoms with van der Waals surface area (Å²) in [7, 11) is 4.08. The Bertz CT molecular complexity index is 935. The summed E-state index contributed by atoms with van der Waals surface area (Å²) >= 11 is 0. The van der Waals surface area contributed by atoms with Gasteiger partial charge >= 0.3 is 0 Å². The molecule has 0 bridgehead atoms. The molecule has 1 heterocycles. The Morgan fingerprint density at radius 3 is 1.43 bits per heavy atom. The maximum Gasteiger partial charge on any atom is 0.169 e. The second-order valence-electron chi connectivity index (χ2n) is 16.2. The van der Waals surface area contributed by atoms with E-state index in [0.717, 1.165) is 45.1 Å². The normalized spacial score (nSPS) is 22.3. The van der Waals surface area contributed by atoms with E-state index >= 15 is 0 Å². The largest absolute Gasteiger partial charge is 0.344 e. The zero-order valence-corrected chi connectivity index (χ0v) is 34.2. The number of rotatable bonds is 34. The molecule has 1 saturated carbocycles. The summed E-state index contributed by atoms with van der Waals surface area (Å²) < 4.78 is 13.7. The standard InChI is InChI=1S/C47H83NO3/c1-5-7-9-11-13-15-17-19-21-23-25-27-29-31-33-35-38-47(37-34-32-30-28-26-24-22-20-18-16-14-12-10-8-6-2)50-45-41-43(42-46(45)51-47)40-44(49)36-39-48(3)4/h12-15,18-21,43,45-46H,5-11,16-17,22-42H2,1-4H3/b14-12-,15-13-,20-18-,21-19-/t43?,45-,46+,47?. The number of Topliss-reactive ketones (excluding diaryl/α,β-unsaturated/α-hetero) is 1. The van der Waals surface area contributed by atoms with Crippen LogP contribution in [0.25, 0.3) is 0 Å². The van der Waals surface area contributed by atoms with Crippen molar-refractivity contribution in [2.75, 3.05) is 20.6 Å². The first-order chi connectivity index (χ1) is 25.0. The van der Waals surface area contributed by atoms with Crippen molar-refractivity contribution < 1.29 is 14.3 Å². The molecule has 0 aromatic carbocycles. The number of unbranched alkanes of at least 4 members (excludes halogenated alkanes) is 17.